The van der Waals surface area contributed by atoms with Gasteiger partial charge < -0.3 is 0 Å². The second kappa shape index (κ2) is 4.50. The highest BCUT2D eigenvalue weighted by Gasteiger charge is 2.49. The Bertz CT molecular complexity index is 400. The van der Waals surface area contributed by atoms with Crippen LogP contribution in [0.3, 0.4) is 0 Å². The standard InChI is InChI=1S/C14H18S2/c1-2-13-14(12-6-4-3-5-7-12)16-10-8-15(13)9-11-16/h3-7H,2,8-11H2,1H3/q+2. The third kappa shape index (κ3) is 1.72. The SMILES string of the molecule is CCC1=C(c2ccccc2)[S+]2CC[S+]1CC2. The van der Waals surface area contributed by atoms with Gasteiger partial charge in [0.2, 0.25) is 4.91 Å². The van der Waals surface area contributed by atoms with Crippen LogP contribution in [0.4, 0.5) is 0 Å². The van der Waals surface area contributed by atoms with Crippen LogP contribution in [0.15, 0.2) is 35.2 Å². The minimum absolute atomic E-state index is 0.582. The van der Waals surface area contributed by atoms with Crippen molar-refractivity contribution in [3.05, 3.63) is 40.8 Å². The molecule has 3 heterocycles. The first-order valence-electron chi connectivity index (χ1n) is 6.03. The summed E-state index contributed by atoms with van der Waals surface area (Å²) in [5.74, 6) is 5.92. The van der Waals surface area contributed by atoms with E-state index in [1.165, 1.54) is 35.0 Å². The molecule has 1 saturated heterocycles. The van der Waals surface area contributed by atoms with Crippen LogP contribution in [0.25, 0.3) is 4.91 Å². The Morgan fingerprint density at radius 2 is 1.56 bits per heavy atom. The van der Waals surface area contributed by atoms with Crippen molar-refractivity contribution in [2.24, 2.45) is 0 Å². The molecule has 0 atom stereocenters. The average Bonchev–Trinajstić information content (AvgIpc) is 2.40. The van der Waals surface area contributed by atoms with Gasteiger partial charge in [-0.2, -0.15) is 0 Å². The van der Waals surface area contributed by atoms with Crippen molar-refractivity contribution in [3.63, 3.8) is 0 Å². The van der Waals surface area contributed by atoms with Crippen LogP contribution in [0.5, 0.6) is 0 Å². The third-order valence-corrected chi connectivity index (χ3v) is 9.08. The summed E-state index contributed by atoms with van der Waals surface area (Å²) in [6.07, 6.45) is 1.27. The van der Waals surface area contributed by atoms with E-state index >= 15 is 0 Å². The lowest BCUT2D eigenvalue weighted by Crippen LogP contribution is -2.39. The monoisotopic (exact) mass is 250 g/mol. The predicted octanol–water partition coefficient (Wildman–Crippen LogP) is 3.03. The quantitative estimate of drug-likeness (QED) is 0.708. The number of fused-ring (bicyclic) bond motifs is 2. The third-order valence-electron chi connectivity index (χ3n) is 3.40. The molecule has 0 saturated carbocycles. The van der Waals surface area contributed by atoms with Gasteiger partial charge in [-0.3, -0.25) is 0 Å². The van der Waals surface area contributed by atoms with Gasteiger partial charge in [-0.15, -0.1) is 0 Å². The van der Waals surface area contributed by atoms with Crippen molar-refractivity contribution in [3.8, 4) is 0 Å². The number of allylic oxidation sites excluding steroid dienone is 1. The molecule has 0 unspecified atom stereocenters. The molecule has 2 bridgehead atoms. The molecular formula is C14H18S2+2. The Balaban J connectivity index is 2.09. The summed E-state index contributed by atoms with van der Waals surface area (Å²) in [7, 11) is 1.21. The van der Waals surface area contributed by atoms with E-state index in [0.717, 1.165) is 0 Å². The number of rotatable bonds is 2. The zero-order valence-electron chi connectivity index (χ0n) is 9.74. The lowest BCUT2D eigenvalue weighted by atomic mass is 10.2. The summed E-state index contributed by atoms with van der Waals surface area (Å²) in [5.41, 5.74) is 1.51. The molecule has 0 amide bonds. The van der Waals surface area contributed by atoms with Gasteiger partial charge in [-0.05, 0) is 12.1 Å². The summed E-state index contributed by atoms with van der Waals surface area (Å²) in [6, 6.07) is 11.1. The number of hydrogen-bond acceptors (Lipinski definition) is 0. The molecule has 84 valence electrons. The molecule has 2 heteroatoms. The van der Waals surface area contributed by atoms with Crippen molar-refractivity contribution in [1.82, 2.24) is 0 Å². The molecule has 0 radical (unpaired) electrons. The van der Waals surface area contributed by atoms with E-state index in [2.05, 4.69) is 37.3 Å². The maximum atomic E-state index is 2.34. The molecule has 1 fully saturated rings. The van der Waals surface area contributed by atoms with E-state index in [0.29, 0.717) is 21.8 Å². The van der Waals surface area contributed by atoms with E-state index in [1.807, 2.05) is 4.91 Å². The number of hydrogen-bond donors (Lipinski definition) is 0. The summed E-state index contributed by atoms with van der Waals surface area (Å²) >= 11 is 0. The van der Waals surface area contributed by atoms with Gasteiger partial charge in [0.15, 0.2) is 27.9 Å². The topological polar surface area (TPSA) is 0 Å². The van der Waals surface area contributed by atoms with E-state index in [9.17, 15) is 0 Å². The van der Waals surface area contributed by atoms with Crippen molar-refractivity contribution >= 4 is 26.7 Å². The summed E-state index contributed by atoms with van der Waals surface area (Å²) < 4.78 is 0. The van der Waals surface area contributed by atoms with Crippen LogP contribution >= 0.6 is 0 Å². The average molecular weight is 250 g/mol. The largest absolute Gasteiger partial charge is 0.212 e. The van der Waals surface area contributed by atoms with Crippen LogP contribution in [-0.4, -0.2) is 23.0 Å². The van der Waals surface area contributed by atoms with E-state index in [1.54, 1.807) is 4.91 Å². The van der Waals surface area contributed by atoms with Gasteiger partial charge in [-0.25, -0.2) is 0 Å². The van der Waals surface area contributed by atoms with Crippen LogP contribution in [0.1, 0.15) is 18.9 Å². The maximum Gasteiger partial charge on any atom is 0.212 e. The van der Waals surface area contributed by atoms with Gasteiger partial charge in [0.25, 0.3) is 0 Å². The van der Waals surface area contributed by atoms with Crippen LogP contribution in [-0.2, 0) is 21.8 Å². The maximum absolute atomic E-state index is 2.34. The highest BCUT2D eigenvalue weighted by atomic mass is 32.2. The molecule has 4 rings (SSSR count). The molecule has 1 aromatic rings. The second-order valence-corrected chi connectivity index (χ2v) is 8.78. The molecule has 3 aliphatic heterocycles. The molecule has 16 heavy (non-hydrogen) atoms. The van der Waals surface area contributed by atoms with Gasteiger partial charge >= 0.3 is 0 Å². The Hall–Kier alpha value is -0.340. The fraction of sp³-hybridized carbons (Fsp3) is 0.429. The van der Waals surface area contributed by atoms with Crippen LogP contribution in [0.2, 0.25) is 0 Å². The molecule has 3 aliphatic rings. The first-order chi connectivity index (χ1) is 7.90. The van der Waals surface area contributed by atoms with Gasteiger partial charge in [-0.1, -0.05) is 25.1 Å². The lowest BCUT2D eigenvalue weighted by molar-refractivity contribution is 1.18. The Morgan fingerprint density at radius 1 is 0.938 bits per heavy atom. The molecular weight excluding hydrogens is 232 g/mol. The minimum Gasteiger partial charge on any atom is -0.0622 e. The van der Waals surface area contributed by atoms with Crippen molar-refractivity contribution in [1.29, 1.82) is 0 Å². The summed E-state index contributed by atoms with van der Waals surface area (Å²) in [4.78, 5) is 3.57. The molecule has 0 N–H and O–H groups in total. The second-order valence-electron chi connectivity index (χ2n) is 4.27. The Morgan fingerprint density at radius 3 is 2.19 bits per heavy atom. The highest BCUT2D eigenvalue weighted by molar-refractivity contribution is 8.13. The van der Waals surface area contributed by atoms with Crippen molar-refractivity contribution in [2.45, 2.75) is 13.3 Å². The van der Waals surface area contributed by atoms with E-state index < -0.39 is 0 Å². The highest BCUT2D eigenvalue weighted by Crippen LogP contribution is 2.41. The van der Waals surface area contributed by atoms with Crippen molar-refractivity contribution in [2.75, 3.05) is 23.0 Å². The van der Waals surface area contributed by atoms with E-state index in [4.69, 9.17) is 0 Å². The molecule has 0 aliphatic carbocycles. The Labute approximate surface area is 104 Å². The summed E-state index contributed by atoms with van der Waals surface area (Å²) in [6.45, 7) is 2.34. The van der Waals surface area contributed by atoms with Crippen LogP contribution < -0.4 is 0 Å². The van der Waals surface area contributed by atoms with Gasteiger partial charge in [0.05, 0.1) is 0 Å². The number of benzene rings is 1. The summed E-state index contributed by atoms with van der Waals surface area (Å²) in [5, 5.41) is 0. The van der Waals surface area contributed by atoms with Crippen molar-refractivity contribution < 1.29 is 0 Å². The lowest BCUT2D eigenvalue weighted by Gasteiger charge is -2.25. The van der Waals surface area contributed by atoms with Gasteiger partial charge in [0.1, 0.15) is 0 Å². The fourth-order valence-electron chi connectivity index (χ4n) is 2.63. The molecule has 1 aromatic carbocycles. The Kier molecular flexibility index (Phi) is 3.03. The molecule has 0 nitrogen and oxygen atoms in total. The predicted molar refractivity (Wildman–Crippen MR) is 77.9 cm³/mol. The smallest absolute Gasteiger partial charge is 0.0622 e. The first kappa shape index (κ1) is 10.8. The zero-order valence-corrected chi connectivity index (χ0v) is 11.4. The first-order valence-corrected chi connectivity index (χ1v) is 9.16. The van der Waals surface area contributed by atoms with Crippen LogP contribution in [0, 0.1) is 0 Å². The van der Waals surface area contributed by atoms with E-state index in [-0.39, 0.29) is 0 Å². The zero-order chi connectivity index (χ0) is 11.0. The molecule has 0 spiro atoms. The molecule has 0 aromatic heterocycles. The van der Waals surface area contributed by atoms with Gasteiger partial charge in [0, 0.05) is 33.8 Å². The minimum atomic E-state index is 0.582. The fourth-order valence-corrected chi connectivity index (χ4v) is 9.59. The normalized spacial score (nSPS) is 28.6.